The number of rotatable bonds is 32. The van der Waals surface area contributed by atoms with E-state index in [0.717, 1.165) is 13.8 Å². The Morgan fingerprint density at radius 1 is 0.478 bits per heavy atom. The zero-order chi connectivity index (χ0) is 53.5. The average Bonchev–Trinajstić information content (AvgIpc) is 3.21. The van der Waals surface area contributed by atoms with Gasteiger partial charge in [-0.15, -0.1) is 0 Å². The molecule has 0 rings (SSSR count). The first-order chi connectivity index (χ1) is 31.9. The number of nitrogens with two attached hydrogens (primary N) is 4. The van der Waals surface area contributed by atoms with Crippen LogP contribution in [0.2, 0.25) is 0 Å². The largest absolute Gasteiger partial charge is 0.481 e. The Balaban J connectivity index is 6.42. The second-order valence-corrected chi connectivity index (χ2v) is 18.0. The number of carboxylic acids is 2. The van der Waals surface area contributed by atoms with Gasteiger partial charge in [-0.25, -0.2) is 4.79 Å². The van der Waals surface area contributed by atoms with E-state index in [9.17, 15) is 68.1 Å². The first kappa shape index (κ1) is 62.4. The molecule has 0 heterocycles. The molecule has 0 fully saturated rings. The van der Waals surface area contributed by atoms with Crippen LogP contribution < -0.4 is 65.5 Å². The second kappa shape index (κ2) is 30.7. The molecule has 392 valence electrons. The summed E-state index contributed by atoms with van der Waals surface area (Å²) in [6, 6.07) is -13.0. The third-order valence-electron chi connectivity index (χ3n) is 9.92. The zero-order valence-corrected chi connectivity index (χ0v) is 40.8. The predicted molar refractivity (Wildman–Crippen MR) is 248 cm³/mol. The molecule has 0 unspecified atom stereocenters. The molecule has 0 aromatic rings. The van der Waals surface area contributed by atoms with Crippen LogP contribution in [0, 0.1) is 17.8 Å². The molecule has 10 atom stereocenters. The van der Waals surface area contributed by atoms with Crippen molar-refractivity contribution in [3.05, 3.63) is 0 Å². The van der Waals surface area contributed by atoms with Crippen LogP contribution in [0.4, 0.5) is 0 Å². The monoisotopic (exact) mass is 986 g/mol. The Kier molecular flexibility index (Phi) is 27.7. The number of nitrogens with zero attached hydrogens (tertiary/aromatic N) is 1. The van der Waals surface area contributed by atoms with Crippen LogP contribution in [0.1, 0.15) is 107 Å². The average molecular weight is 986 g/mol. The number of aliphatic hydroxyl groups is 1. The number of carbonyl (C=O) groups excluding carboxylic acids is 9. The van der Waals surface area contributed by atoms with Gasteiger partial charge >= 0.3 is 11.9 Å². The number of aliphatic hydroxyl groups excluding tert-OH is 1. The maximum Gasteiger partial charge on any atom is 0.326 e. The van der Waals surface area contributed by atoms with Crippen LogP contribution >= 0.6 is 0 Å². The van der Waals surface area contributed by atoms with Gasteiger partial charge in [0.05, 0.1) is 25.0 Å². The van der Waals surface area contributed by atoms with Gasteiger partial charge in [-0.3, -0.25) is 52.9 Å². The molecule has 69 heavy (non-hydrogen) atoms. The van der Waals surface area contributed by atoms with Crippen LogP contribution in [0.25, 0.3) is 0 Å². The van der Waals surface area contributed by atoms with Gasteiger partial charge in [0.1, 0.15) is 48.3 Å². The minimum atomic E-state index is -1.78. The molecule has 27 heteroatoms. The third-order valence-corrected chi connectivity index (χ3v) is 9.92. The van der Waals surface area contributed by atoms with Crippen molar-refractivity contribution >= 4 is 71.1 Å². The molecule has 0 saturated heterocycles. The lowest BCUT2D eigenvalue weighted by Crippen LogP contribution is -2.61. The van der Waals surface area contributed by atoms with Crippen molar-refractivity contribution in [3.8, 4) is 0 Å². The van der Waals surface area contributed by atoms with E-state index >= 15 is 0 Å². The zero-order valence-electron chi connectivity index (χ0n) is 40.8. The smallest absolute Gasteiger partial charge is 0.326 e. The normalized spacial score (nSPS) is 15.5. The topological polar surface area (TPSA) is 461 Å². The third kappa shape index (κ3) is 25.3. The molecule has 0 bridgehead atoms. The molecule has 0 aliphatic carbocycles. The van der Waals surface area contributed by atoms with Crippen LogP contribution in [0.5, 0.6) is 0 Å². The van der Waals surface area contributed by atoms with Gasteiger partial charge < -0.3 is 80.8 Å². The first-order valence-corrected chi connectivity index (χ1v) is 22.5. The predicted octanol–water partition coefficient (Wildman–Crippen LogP) is -4.76. The van der Waals surface area contributed by atoms with Crippen LogP contribution in [-0.4, -0.2) is 153 Å². The summed E-state index contributed by atoms with van der Waals surface area (Å²) in [5, 5.41) is 48.7. The standard InChI is InChI=1S/C42H75N13O14/c1-18(2)13-26(51-33(60)21(7)48-35(62)24(43)16-30(44)57)38(65)53-27(14-19(3)4)37(64)50-25(11-10-12-47-42(45)46)36(63)55-32(23(9)56)40(67)49-22(8)34(61)52-28(17-31(58)59)39(66)54-29(41(68)69)15-20(5)6/h18-29,32,56H,10-17,43H2,1-9H3,(H2,44,57)(H,48,62)(H,49,67)(H,50,64)(H,51,60)(H,52,61)(H,53,65)(H,54,66)(H,55,63)(H,58,59)(H,68,69)(H4,45,46,47)/t21-,22-,23+,24-,25-,26-,27-,28-,29-,32-/m0/s1. The molecule has 9 amide bonds. The number of hydrogen-bond donors (Lipinski definition) is 15. The van der Waals surface area contributed by atoms with Crippen molar-refractivity contribution in [2.75, 3.05) is 6.54 Å². The number of carbonyl (C=O) groups is 11. The number of nitrogens with one attached hydrogen (secondary N) is 8. The molecule has 19 N–H and O–H groups in total. The Morgan fingerprint density at radius 2 is 0.870 bits per heavy atom. The highest BCUT2D eigenvalue weighted by Gasteiger charge is 2.36. The van der Waals surface area contributed by atoms with Crippen molar-refractivity contribution in [2.45, 2.75) is 168 Å². The fourth-order valence-corrected chi connectivity index (χ4v) is 6.39. The summed E-state index contributed by atoms with van der Waals surface area (Å²) < 4.78 is 0. The molecule has 0 aromatic carbocycles. The number of primary amides is 1. The number of amides is 9. The number of aliphatic carboxylic acids is 2. The Morgan fingerprint density at radius 3 is 1.29 bits per heavy atom. The Hall–Kier alpha value is -6.64. The molecular formula is C42H75N13O14. The van der Waals surface area contributed by atoms with E-state index in [2.05, 4.69) is 47.5 Å². The molecule has 0 aliphatic heterocycles. The summed E-state index contributed by atoms with van der Waals surface area (Å²) in [5.41, 5.74) is 21.6. The van der Waals surface area contributed by atoms with E-state index in [4.69, 9.17) is 22.9 Å². The van der Waals surface area contributed by atoms with Crippen molar-refractivity contribution in [1.82, 2.24) is 42.5 Å². The fraction of sp³-hybridized carbons (Fsp3) is 0.714. The van der Waals surface area contributed by atoms with Gasteiger partial charge in [0, 0.05) is 6.54 Å². The molecule has 0 aliphatic rings. The van der Waals surface area contributed by atoms with Gasteiger partial charge in [-0.1, -0.05) is 41.5 Å². The quantitative estimate of drug-likeness (QED) is 0.0171. The molecule has 0 aromatic heterocycles. The van der Waals surface area contributed by atoms with Gasteiger partial charge in [-0.2, -0.15) is 0 Å². The minimum Gasteiger partial charge on any atom is -0.481 e. The van der Waals surface area contributed by atoms with E-state index in [1.165, 1.54) is 6.92 Å². The van der Waals surface area contributed by atoms with Gasteiger partial charge in [0.2, 0.25) is 53.2 Å². The highest BCUT2D eigenvalue weighted by atomic mass is 16.4. The van der Waals surface area contributed by atoms with E-state index in [1.807, 2.05) is 0 Å². The van der Waals surface area contributed by atoms with Crippen LogP contribution in [0.15, 0.2) is 4.99 Å². The van der Waals surface area contributed by atoms with Gasteiger partial charge in [-0.05, 0) is 70.6 Å². The summed E-state index contributed by atoms with van der Waals surface area (Å²) in [4.78, 5) is 145. The van der Waals surface area contributed by atoms with Gasteiger partial charge in [0.25, 0.3) is 0 Å². The van der Waals surface area contributed by atoms with Crippen LogP contribution in [-0.2, 0) is 52.7 Å². The van der Waals surface area contributed by atoms with E-state index < -0.39 is 138 Å². The van der Waals surface area contributed by atoms with Crippen LogP contribution in [0.3, 0.4) is 0 Å². The lowest BCUT2D eigenvalue weighted by molar-refractivity contribution is -0.144. The highest BCUT2D eigenvalue weighted by Crippen LogP contribution is 2.12. The maximum absolute atomic E-state index is 14.0. The molecular weight excluding hydrogens is 911 g/mol. The lowest BCUT2D eigenvalue weighted by atomic mass is 9.99. The Labute approximate surface area is 401 Å². The summed E-state index contributed by atoms with van der Waals surface area (Å²) in [7, 11) is 0. The van der Waals surface area contributed by atoms with Crippen molar-refractivity contribution in [1.29, 1.82) is 0 Å². The van der Waals surface area contributed by atoms with E-state index in [0.29, 0.717) is 0 Å². The fourth-order valence-electron chi connectivity index (χ4n) is 6.39. The Bertz CT molecular complexity index is 1840. The number of guanidine groups is 1. The number of carboxylic acid groups (broad SMARTS) is 2. The first-order valence-electron chi connectivity index (χ1n) is 22.5. The molecule has 0 radical (unpaired) electrons. The maximum atomic E-state index is 14.0. The summed E-state index contributed by atoms with van der Waals surface area (Å²) in [5.74, 6) is -12.2. The SMILES string of the molecule is CC(C)C[C@H](NC(=O)[C@H](CC(=O)O)NC(=O)[C@H](C)NC(=O)[C@@H](NC(=O)[C@H](CCCN=C(N)N)NC(=O)[C@H](CC(C)C)NC(=O)[C@H](CC(C)C)NC(=O)[C@H](C)NC(=O)[C@@H](N)CC(N)=O)[C@@H](C)O)C(=O)O. The molecule has 0 spiro atoms. The lowest BCUT2D eigenvalue weighted by Gasteiger charge is -2.29. The van der Waals surface area contributed by atoms with Crippen molar-refractivity contribution in [2.24, 2.45) is 45.7 Å². The minimum absolute atomic E-state index is 0.00637. The summed E-state index contributed by atoms with van der Waals surface area (Å²) in [6.45, 7) is 14.0. The highest BCUT2D eigenvalue weighted by molar-refractivity contribution is 5.98. The molecule has 27 nitrogen and oxygen atoms in total. The molecule has 0 saturated carbocycles. The number of hydrogen-bond acceptors (Lipinski definition) is 14. The second-order valence-electron chi connectivity index (χ2n) is 18.0. The van der Waals surface area contributed by atoms with E-state index in [-0.39, 0.29) is 62.4 Å². The van der Waals surface area contributed by atoms with Crippen molar-refractivity contribution < 1.29 is 68.1 Å². The van der Waals surface area contributed by atoms with E-state index in [1.54, 1.807) is 41.5 Å². The van der Waals surface area contributed by atoms with Gasteiger partial charge in [0.15, 0.2) is 5.96 Å². The van der Waals surface area contributed by atoms with Crippen molar-refractivity contribution in [3.63, 3.8) is 0 Å². The summed E-state index contributed by atoms with van der Waals surface area (Å²) in [6.07, 6.45) is -3.04. The number of aliphatic imine (C=N–C) groups is 1. The summed E-state index contributed by atoms with van der Waals surface area (Å²) >= 11 is 0.